The summed E-state index contributed by atoms with van der Waals surface area (Å²) in [6.07, 6.45) is 4.58. The van der Waals surface area contributed by atoms with Gasteiger partial charge in [0.25, 0.3) is 5.91 Å². The maximum atomic E-state index is 12.5. The number of nitrogens with one attached hydrogen (secondary N) is 1. The Bertz CT molecular complexity index is 1170. The van der Waals surface area contributed by atoms with E-state index in [1.54, 1.807) is 18.3 Å². The second-order valence-electron chi connectivity index (χ2n) is 7.08. The van der Waals surface area contributed by atoms with E-state index in [9.17, 15) is 4.79 Å². The summed E-state index contributed by atoms with van der Waals surface area (Å²) in [5.41, 5.74) is 1.74. The molecule has 2 aromatic heterocycles. The van der Waals surface area contributed by atoms with Crippen LogP contribution in [-0.4, -0.2) is 33.7 Å². The third kappa shape index (κ3) is 5.15. The zero-order chi connectivity index (χ0) is 22.3. The molecule has 7 nitrogen and oxygen atoms in total. The number of ether oxygens (including phenoxy) is 2. The minimum absolute atomic E-state index is 0.118. The van der Waals surface area contributed by atoms with Crippen LogP contribution in [0, 0.1) is 0 Å². The summed E-state index contributed by atoms with van der Waals surface area (Å²) in [5, 5.41) is 3.34. The molecule has 0 aliphatic rings. The van der Waals surface area contributed by atoms with Crippen molar-refractivity contribution in [2.45, 2.75) is 13.3 Å². The van der Waals surface area contributed by atoms with Crippen LogP contribution in [0.1, 0.15) is 13.3 Å². The maximum absolute atomic E-state index is 12.5. The Kier molecular flexibility index (Phi) is 6.81. The van der Waals surface area contributed by atoms with Crippen molar-refractivity contribution in [3.05, 3.63) is 67.0 Å². The molecule has 0 saturated heterocycles. The fourth-order valence-corrected chi connectivity index (χ4v) is 4.10. The Morgan fingerprint density at radius 1 is 1.06 bits per heavy atom. The maximum Gasteiger partial charge on any atom is 0.264 e. The predicted molar refractivity (Wildman–Crippen MR) is 126 cm³/mol. The van der Waals surface area contributed by atoms with E-state index in [2.05, 4.69) is 22.2 Å². The molecular weight excluding hydrogens is 424 g/mol. The molecule has 0 fully saturated rings. The van der Waals surface area contributed by atoms with Gasteiger partial charge in [0.05, 0.1) is 17.2 Å². The molecule has 0 bridgehead atoms. The van der Waals surface area contributed by atoms with Crippen molar-refractivity contribution in [2.75, 3.05) is 18.5 Å². The van der Waals surface area contributed by atoms with Crippen molar-refractivity contribution in [2.24, 2.45) is 7.05 Å². The summed E-state index contributed by atoms with van der Waals surface area (Å²) in [7, 11) is 1.93. The first-order valence-electron chi connectivity index (χ1n) is 10.3. The summed E-state index contributed by atoms with van der Waals surface area (Å²) in [6, 6.07) is 17.1. The molecule has 0 radical (unpaired) electrons. The molecule has 4 aromatic rings. The summed E-state index contributed by atoms with van der Waals surface area (Å²) in [6.45, 7) is 2.61. The van der Waals surface area contributed by atoms with E-state index >= 15 is 0 Å². The number of nitrogens with zero attached hydrogens (tertiary/aromatic N) is 3. The highest BCUT2D eigenvalue weighted by Gasteiger charge is 2.19. The zero-order valence-corrected chi connectivity index (χ0v) is 18.8. The summed E-state index contributed by atoms with van der Waals surface area (Å²) < 4.78 is 13.1. The largest absolute Gasteiger partial charge is 0.494 e. The molecule has 0 atom stereocenters. The van der Waals surface area contributed by atoms with Crippen molar-refractivity contribution < 1.29 is 14.3 Å². The first-order valence-corrected chi connectivity index (χ1v) is 11.1. The molecular formula is C24H24N4O3S. The lowest BCUT2D eigenvalue weighted by molar-refractivity contribution is -0.118. The Hall–Kier alpha value is -3.65. The average molecular weight is 449 g/mol. The van der Waals surface area contributed by atoms with Gasteiger partial charge in [-0.2, -0.15) is 0 Å². The number of thiazole rings is 1. The molecule has 0 aliphatic carbocycles. The van der Waals surface area contributed by atoms with Crippen LogP contribution in [0.15, 0.2) is 67.0 Å². The highest BCUT2D eigenvalue weighted by atomic mass is 32.1. The van der Waals surface area contributed by atoms with Gasteiger partial charge in [0.1, 0.15) is 11.5 Å². The number of aromatic nitrogens is 3. The van der Waals surface area contributed by atoms with E-state index in [-0.39, 0.29) is 12.5 Å². The van der Waals surface area contributed by atoms with Crippen LogP contribution in [0.3, 0.4) is 0 Å². The number of amides is 1. The summed E-state index contributed by atoms with van der Waals surface area (Å²) in [4.78, 5) is 22.5. The smallest absolute Gasteiger partial charge is 0.264 e. The number of aryl methyl sites for hydroxylation is 1. The molecule has 0 spiro atoms. The van der Waals surface area contributed by atoms with Crippen LogP contribution < -0.4 is 14.8 Å². The van der Waals surface area contributed by atoms with Gasteiger partial charge in [-0.3, -0.25) is 10.1 Å². The monoisotopic (exact) mass is 448 g/mol. The van der Waals surface area contributed by atoms with Crippen molar-refractivity contribution in [3.63, 3.8) is 0 Å². The molecule has 1 amide bonds. The van der Waals surface area contributed by atoms with Crippen LogP contribution in [0.25, 0.3) is 22.0 Å². The number of benzene rings is 2. The van der Waals surface area contributed by atoms with Gasteiger partial charge in [0.2, 0.25) is 0 Å². The van der Waals surface area contributed by atoms with Gasteiger partial charge in [0, 0.05) is 25.0 Å². The van der Waals surface area contributed by atoms with Crippen molar-refractivity contribution in [1.29, 1.82) is 0 Å². The second kappa shape index (κ2) is 10.1. The van der Waals surface area contributed by atoms with Gasteiger partial charge in [0.15, 0.2) is 17.6 Å². The first kappa shape index (κ1) is 21.6. The van der Waals surface area contributed by atoms with Crippen LogP contribution in [0.5, 0.6) is 11.5 Å². The van der Waals surface area contributed by atoms with Gasteiger partial charge in [-0.25, -0.2) is 9.97 Å². The predicted octanol–water partition coefficient (Wildman–Crippen LogP) is 5.02. The number of imidazole rings is 1. The molecule has 164 valence electrons. The van der Waals surface area contributed by atoms with Crippen molar-refractivity contribution in [3.8, 4) is 33.5 Å². The number of hydrogen-bond acceptors (Lipinski definition) is 6. The fraction of sp³-hybridized carbons (Fsp3) is 0.208. The first-order chi connectivity index (χ1) is 15.6. The standard InChI is InChI=1S/C24H24N4O3S/c1-3-15-30-18-9-11-19(12-10-18)31-16-20(29)26-24-27-21(17-7-5-4-6-8-17)22(32-24)23-25-13-14-28(23)2/h4-14H,3,15-16H2,1-2H3,(H,26,27,29). The van der Waals surface area contributed by atoms with E-state index in [0.29, 0.717) is 17.5 Å². The topological polar surface area (TPSA) is 78.3 Å². The lowest BCUT2D eigenvalue weighted by Gasteiger charge is -2.08. The van der Waals surface area contributed by atoms with Gasteiger partial charge >= 0.3 is 0 Å². The number of hydrogen-bond donors (Lipinski definition) is 1. The van der Waals surface area contributed by atoms with E-state index < -0.39 is 0 Å². The molecule has 8 heteroatoms. The van der Waals surface area contributed by atoms with Crippen LogP contribution in [0.2, 0.25) is 0 Å². The Morgan fingerprint density at radius 2 is 1.78 bits per heavy atom. The highest BCUT2D eigenvalue weighted by molar-refractivity contribution is 7.19. The highest BCUT2D eigenvalue weighted by Crippen LogP contribution is 2.38. The van der Waals surface area contributed by atoms with Crippen molar-refractivity contribution in [1.82, 2.24) is 14.5 Å². The van der Waals surface area contributed by atoms with Gasteiger partial charge < -0.3 is 14.0 Å². The fourth-order valence-electron chi connectivity index (χ4n) is 3.06. The molecule has 0 aliphatic heterocycles. The molecule has 2 heterocycles. The molecule has 2 aromatic carbocycles. The molecule has 0 unspecified atom stereocenters. The third-order valence-corrected chi connectivity index (χ3v) is 5.58. The van der Waals surface area contributed by atoms with E-state index in [0.717, 1.165) is 34.1 Å². The second-order valence-corrected chi connectivity index (χ2v) is 8.08. The van der Waals surface area contributed by atoms with Crippen LogP contribution >= 0.6 is 11.3 Å². The lowest BCUT2D eigenvalue weighted by Crippen LogP contribution is -2.20. The lowest BCUT2D eigenvalue weighted by atomic mass is 10.1. The Balaban J connectivity index is 1.45. The summed E-state index contributed by atoms with van der Waals surface area (Å²) >= 11 is 1.39. The third-order valence-electron chi connectivity index (χ3n) is 4.61. The SMILES string of the molecule is CCCOc1ccc(OCC(=O)Nc2nc(-c3ccccc3)c(-c3nccn3C)s2)cc1. The minimum Gasteiger partial charge on any atom is -0.494 e. The molecule has 4 rings (SSSR count). The van der Waals surface area contributed by atoms with Crippen LogP contribution in [0.4, 0.5) is 5.13 Å². The molecule has 32 heavy (non-hydrogen) atoms. The number of carbonyl (C=O) groups excluding carboxylic acids is 1. The normalized spacial score (nSPS) is 10.7. The van der Waals surface area contributed by atoms with Crippen LogP contribution in [-0.2, 0) is 11.8 Å². The van der Waals surface area contributed by atoms with Gasteiger partial charge in [-0.15, -0.1) is 0 Å². The van der Waals surface area contributed by atoms with E-state index in [1.165, 1.54) is 11.3 Å². The quantitative estimate of drug-likeness (QED) is 0.389. The van der Waals surface area contributed by atoms with Gasteiger partial charge in [-0.1, -0.05) is 48.6 Å². The number of anilines is 1. The zero-order valence-electron chi connectivity index (χ0n) is 17.9. The van der Waals surface area contributed by atoms with E-state index in [1.807, 2.05) is 60.3 Å². The average Bonchev–Trinajstić information content (AvgIpc) is 3.43. The Labute approximate surface area is 190 Å². The van der Waals surface area contributed by atoms with Gasteiger partial charge in [-0.05, 0) is 30.7 Å². The number of carbonyl (C=O) groups is 1. The molecule has 0 saturated carbocycles. The number of rotatable bonds is 9. The summed E-state index contributed by atoms with van der Waals surface area (Å²) in [5.74, 6) is 1.89. The Morgan fingerprint density at radius 3 is 2.44 bits per heavy atom. The molecule has 1 N–H and O–H groups in total. The van der Waals surface area contributed by atoms with Crippen molar-refractivity contribution >= 4 is 22.4 Å². The minimum atomic E-state index is -0.281. The van der Waals surface area contributed by atoms with E-state index in [4.69, 9.17) is 9.47 Å².